The van der Waals surface area contributed by atoms with Gasteiger partial charge in [0.1, 0.15) is 0 Å². The highest BCUT2D eigenvalue weighted by Crippen LogP contribution is 2.29. The minimum atomic E-state index is -0.589. The van der Waals surface area contributed by atoms with Gasteiger partial charge in [0.25, 0.3) is 5.91 Å². The molecule has 144 valence electrons. The molecule has 0 saturated heterocycles. The maximum absolute atomic E-state index is 12.2. The van der Waals surface area contributed by atoms with Gasteiger partial charge in [-0.25, -0.2) is 4.79 Å². The lowest BCUT2D eigenvalue weighted by Crippen LogP contribution is -2.34. The van der Waals surface area contributed by atoms with Gasteiger partial charge in [-0.3, -0.25) is 4.79 Å². The summed E-state index contributed by atoms with van der Waals surface area (Å²) in [4.78, 5) is 26.2. The molecule has 0 fully saturated rings. The van der Waals surface area contributed by atoms with Crippen molar-refractivity contribution in [3.8, 4) is 10.7 Å². The zero-order valence-electron chi connectivity index (χ0n) is 15.1. The molecule has 2 aromatic heterocycles. The lowest BCUT2D eigenvalue weighted by molar-refractivity contribution is -0.149. The number of fused-ring (bicyclic) bond motifs is 1. The Kier molecular flexibility index (Phi) is 5.43. The fourth-order valence-corrected chi connectivity index (χ4v) is 3.91. The van der Waals surface area contributed by atoms with Crippen LogP contribution in [0.3, 0.4) is 0 Å². The maximum atomic E-state index is 12.2. The Morgan fingerprint density at radius 3 is 3.00 bits per heavy atom. The molecule has 0 unspecified atom stereocenters. The molecule has 8 nitrogen and oxygen atoms in total. The summed E-state index contributed by atoms with van der Waals surface area (Å²) < 4.78 is 5.06. The van der Waals surface area contributed by atoms with Crippen LogP contribution in [0, 0.1) is 0 Å². The normalized spacial score (nSPS) is 15.6. The summed E-state index contributed by atoms with van der Waals surface area (Å²) in [6.45, 7) is -0.526. The summed E-state index contributed by atoms with van der Waals surface area (Å²) in [6, 6.07) is 11.8. The Morgan fingerprint density at radius 1 is 1.25 bits per heavy atom. The van der Waals surface area contributed by atoms with Crippen LogP contribution in [-0.4, -0.2) is 38.7 Å². The lowest BCUT2D eigenvalue weighted by Gasteiger charge is -2.26. The van der Waals surface area contributed by atoms with Crippen molar-refractivity contribution in [2.75, 3.05) is 6.61 Å². The van der Waals surface area contributed by atoms with E-state index in [4.69, 9.17) is 4.74 Å². The van der Waals surface area contributed by atoms with Crippen LogP contribution in [0.2, 0.25) is 0 Å². The topological polar surface area (TPSA) is 99.0 Å². The molecule has 1 N–H and O–H groups in total. The number of carbonyl (C=O) groups is 2. The van der Waals surface area contributed by atoms with Crippen LogP contribution < -0.4 is 5.32 Å². The van der Waals surface area contributed by atoms with Gasteiger partial charge in [-0.15, -0.1) is 21.5 Å². The number of rotatable bonds is 6. The van der Waals surface area contributed by atoms with Crippen molar-refractivity contribution in [1.82, 2.24) is 25.5 Å². The first-order valence-electron chi connectivity index (χ1n) is 9.03. The number of aryl methyl sites for hydroxylation is 1. The third kappa shape index (κ3) is 4.25. The maximum Gasteiger partial charge on any atom is 0.330 e. The van der Waals surface area contributed by atoms with E-state index in [0.717, 1.165) is 34.5 Å². The van der Waals surface area contributed by atoms with Gasteiger partial charge in [0, 0.05) is 0 Å². The smallest absolute Gasteiger partial charge is 0.330 e. The molecule has 0 aliphatic heterocycles. The van der Waals surface area contributed by atoms with Crippen LogP contribution >= 0.6 is 11.3 Å². The van der Waals surface area contributed by atoms with Crippen molar-refractivity contribution in [1.29, 1.82) is 0 Å². The molecule has 1 aromatic carbocycles. The van der Waals surface area contributed by atoms with Crippen molar-refractivity contribution in [2.45, 2.75) is 31.8 Å². The molecule has 1 atom stereocenters. The fraction of sp³-hybridized carbons (Fsp3) is 0.316. The van der Waals surface area contributed by atoms with Gasteiger partial charge in [-0.2, -0.15) is 4.80 Å². The summed E-state index contributed by atoms with van der Waals surface area (Å²) in [5.74, 6) is -0.452. The number of esters is 1. The van der Waals surface area contributed by atoms with E-state index in [1.165, 1.54) is 16.9 Å². The second kappa shape index (κ2) is 8.30. The summed E-state index contributed by atoms with van der Waals surface area (Å²) in [6.07, 6.45) is 2.92. The molecule has 0 bridgehead atoms. The predicted octanol–water partition coefficient (Wildman–Crippen LogP) is 2.14. The third-order valence-electron chi connectivity index (χ3n) is 4.53. The number of aromatic nitrogens is 4. The largest absolute Gasteiger partial charge is 0.454 e. The van der Waals surface area contributed by atoms with Gasteiger partial charge in [0.2, 0.25) is 5.82 Å². The van der Waals surface area contributed by atoms with Gasteiger partial charge < -0.3 is 10.1 Å². The van der Waals surface area contributed by atoms with E-state index in [1.54, 1.807) is 0 Å². The van der Waals surface area contributed by atoms with E-state index in [2.05, 4.69) is 26.8 Å². The second-order valence-electron chi connectivity index (χ2n) is 6.49. The van der Waals surface area contributed by atoms with Crippen molar-refractivity contribution >= 4 is 23.2 Å². The summed E-state index contributed by atoms with van der Waals surface area (Å²) in [5.41, 5.74) is 2.40. The minimum absolute atomic E-state index is 0.0403. The Hall–Kier alpha value is -3.07. The molecular formula is C19H19N5O3S. The molecule has 1 aliphatic rings. The number of amides is 1. The quantitative estimate of drug-likeness (QED) is 0.640. The monoisotopic (exact) mass is 397 g/mol. The zero-order valence-corrected chi connectivity index (χ0v) is 15.9. The average molecular weight is 397 g/mol. The molecule has 0 spiro atoms. The molecule has 1 aliphatic carbocycles. The molecule has 1 amide bonds. The van der Waals surface area contributed by atoms with Crippen LogP contribution in [-0.2, 0) is 27.3 Å². The van der Waals surface area contributed by atoms with Gasteiger partial charge in [0.05, 0.1) is 10.9 Å². The van der Waals surface area contributed by atoms with Crippen LogP contribution in [0.5, 0.6) is 0 Å². The Morgan fingerprint density at radius 2 is 2.14 bits per heavy atom. The van der Waals surface area contributed by atoms with Gasteiger partial charge in [0.15, 0.2) is 13.2 Å². The molecule has 28 heavy (non-hydrogen) atoms. The predicted molar refractivity (Wildman–Crippen MR) is 102 cm³/mol. The highest BCUT2D eigenvalue weighted by Gasteiger charge is 2.22. The highest BCUT2D eigenvalue weighted by molar-refractivity contribution is 7.13. The van der Waals surface area contributed by atoms with E-state index in [1.807, 2.05) is 35.7 Å². The van der Waals surface area contributed by atoms with E-state index >= 15 is 0 Å². The number of tetrazole rings is 1. The molecule has 2 heterocycles. The third-order valence-corrected chi connectivity index (χ3v) is 5.40. The van der Waals surface area contributed by atoms with Crippen LogP contribution in [0.25, 0.3) is 10.7 Å². The lowest BCUT2D eigenvalue weighted by atomic mass is 9.88. The average Bonchev–Trinajstić information content (AvgIpc) is 3.38. The number of hydrogen-bond donors (Lipinski definition) is 1. The standard InChI is InChI=1S/C19H19N5O3S/c25-17(20-15-8-3-6-13-5-1-2-7-14(13)15)12-27-18(26)11-24-22-19(21-23-24)16-9-4-10-28-16/h1-2,4-5,7,9-10,15H,3,6,8,11-12H2,(H,20,25)/t15-/m0/s1. The molecule has 9 heteroatoms. The van der Waals surface area contributed by atoms with Crippen molar-refractivity contribution in [2.24, 2.45) is 0 Å². The van der Waals surface area contributed by atoms with Crippen molar-refractivity contribution < 1.29 is 14.3 Å². The van der Waals surface area contributed by atoms with E-state index in [9.17, 15) is 9.59 Å². The second-order valence-corrected chi connectivity index (χ2v) is 7.44. The summed E-state index contributed by atoms with van der Waals surface area (Å²) in [5, 5.41) is 16.8. The molecular weight excluding hydrogens is 378 g/mol. The van der Waals surface area contributed by atoms with E-state index in [0.29, 0.717) is 5.82 Å². The first-order valence-corrected chi connectivity index (χ1v) is 9.91. The van der Waals surface area contributed by atoms with Crippen LogP contribution in [0.15, 0.2) is 41.8 Å². The van der Waals surface area contributed by atoms with Gasteiger partial charge >= 0.3 is 5.97 Å². The number of ether oxygens (including phenoxy) is 1. The van der Waals surface area contributed by atoms with Crippen molar-refractivity contribution in [3.05, 3.63) is 52.9 Å². The fourth-order valence-electron chi connectivity index (χ4n) is 3.26. The number of benzene rings is 1. The van der Waals surface area contributed by atoms with Crippen molar-refractivity contribution in [3.63, 3.8) is 0 Å². The molecule has 4 rings (SSSR count). The number of hydrogen-bond acceptors (Lipinski definition) is 7. The van der Waals surface area contributed by atoms with Gasteiger partial charge in [-0.1, -0.05) is 30.3 Å². The SMILES string of the molecule is O=C(COC(=O)Cn1nnc(-c2cccs2)n1)N[C@H]1CCCc2ccccc21. The first-order chi connectivity index (χ1) is 13.7. The summed E-state index contributed by atoms with van der Waals surface area (Å²) in [7, 11) is 0. The van der Waals surface area contributed by atoms with E-state index < -0.39 is 5.97 Å². The first kappa shape index (κ1) is 18.3. The number of nitrogens with zero attached hydrogens (tertiary/aromatic N) is 4. The summed E-state index contributed by atoms with van der Waals surface area (Å²) >= 11 is 1.49. The van der Waals surface area contributed by atoms with Crippen LogP contribution in [0.1, 0.15) is 30.0 Å². The molecule has 0 saturated carbocycles. The number of nitrogens with one attached hydrogen (secondary N) is 1. The highest BCUT2D eigenvalue weighted by atomic mass is 32.1. The Bertz CT molecular complexity index is 970. The minimum Gasteiger partial charge on any atom is -0.454 e. The Labute approximate surface area is 165 Å². The zero-order chi connectivity index (χ0) is 19.3. The Balaban J connectivity index is 1.27. The van der Waals surface area contributed by atoms with Gasteiger partial charge in [-0.05, 0) is 47.0 Å². The molecule has 0 radical (unpaired) electrons. The van der Waals surface area contributed by atoms with E-state index in [-0.39, 0.29) is 25.1 Å². The number of thiophene rings is 1. The number of carbonyl (C=O) groups excluding carboxylic acids is 2. The van der Waals surface area contributed by atoms with Crippen LogP contribution in [0.4, 0.5) is 0 Å². The molecule has 3 aromatic rings.